The second-order valence-electron chi connectivity index (χ2n) is 6.95. The van der Waals surface area contributed by atoms with Gasteiger partial charge in [-0.1, -0.05) is 36.4 Å². The van der Waals surface area contributed by atoms with Gasteiger partial charge < -0.3 is 10.1 Å². The quantitative estimate of drug-likeness (QED) is 0.760. The molecule has 27 heavy (non-hydrogen) atoms. The zero-order valence-electron chi connectivity index (χ0n) is 15.3. The van der Waals surface area contributed by atoms with Gasteiger partial charge in [-0.05, 0) is 43.5 Å². The molecular formula is C20H25FN2O3S. The molecule has 2 aromatic rings. The average molecular weight is 392 g/mol. The van der Waals surface area contributed by atoms with Crippen LogP contribution in [0, 0.1) is 5.82 Å². The molecular weight excluding hydrogens is 367 g/mol. The lowest BCUT2D eigenvalue weighted by Crippen LogP contribution is -2.57. The minimum absolute atomic E-state index is 0.0583. The molecule has 2 aromatic carbocycles. The fraction of sp³-hybridized carbons (Fsp3) is 0.400. The predicted octanol–water partition coefficient (Wildman–Crippen LogP) is 3.00. The van der Waals surface area contributed by atoms with Crippen molar-refractivity contribution < 1.29 is 17.5 Å². The molecule has 0 bridgehead atoms. The van der Waals surface area contributed by atoms with Gasteiger partial charge >= 0.3 is 0 Å². The Balaban J connectivity index is 1.75. The SMILES string of the molecule is C[C@@H](NC1(CNS(=O)(=O)c2cccc(F)c2)CCOCC1)c1ccccc1. The van der Waals surface area contributed by atoms with Crippen LogP contribution in [-0.2, 0) is 14.8 Å². The van der Waals surface area contributed by atoms with Gasteiger partial charge in [0.25, 0.3) is 0 Å². The lowest BCUT2D eigenvalue weighted by Gasteiger charge is -2.40. The topological polar surface area (TPSA) is 67.4 Å². The summed E-state index contributed by atoms with van der Waals surface area (Å²) in [5, 5.41) is 3.60. The third kappa shape index (κ3) is 5.13. The summed E-state index contributed by atoms with van der Waals surface area (Å²) in [5.41, 5.74) is 0.713. The molecule has 0 radical (unpaired) electrons. The summed E-state index contributed by atoms with van der Waals surface area (Å²) in [6.45, 7) is 3.41. The highest BCUT2D eigenvalue weighted by molar-refractivity contribution is 7.89. The van der Waals surface area contributed by atoms with Crippen LogP contribution >= 0.6 is 0 Å². The van der Waals surface area contributed by atoms with Gasteiger partial charge in [-0.3, -0.25) is 0 Å². The van der Waals surface area contributed by atoms with Gasteiger partial charge in [0, 0.05) is 31.3 Å². The maximum atomic E-state index is 13.4. The number of halogens is 1. The Kier molecular flexibility index (Phi) is 6.26. The summed E-state index contributed by atoms with van der Waals surface area (Å²) < 4.78 is 46.7. The number of hydrogen-bond acceptors (Lipinski definition) is 4. The molecule has 0 aromatic heterocycles. The molecule has 1 atom stereocenters. The molecule has 5 nitrogen and oxygen atoms in total. The Morgan fingerprint density at radius 2 is 1.81 bits per heavy atom. The third-order valence-electron chi connectivity index (χ3n) is 4.98. The highest BCUT2D eigenvalue weighted by Crippen LogP contribution is 2.25. The second kappa shape index (κ2) is 8.48. The fourth-order valence-electron chi connectivity index (χ4n) is 3.37. The highest BCUT2D eigenvalue weighted by atomic mass is 32.2. The van der Waals surface area contributed by atoms with Crippen molar-refractivity contribution in [2.45, 2.75) is 36.2 Å². The van der Waals surface area contributed by atoms with Crippen LogP contribution in [0.15, 0.2) is 59.5 Å². The van der Waals surface area contributed by atoms with Crippen molar-refractivity contribution in [1.29, 1.82) is 0 Å². The van der Waals surface area contributed by atoms with Crippen LogP contribution in [0.1, 0.15) is 31.4 Å². The van der Waals surface area contributed by atoms with E-state index in [2.05, 4.69) is 17.0 Å². The molecule has 7 heteroatoms. The number of benzene rings is 2. The first kappa shape index (κ1) is 19.9. The number of sulfonamides is 1. The average Bonchev–Trinajstić information content (AvgIpc) is 2.68. The minimum atomic E-state index is -3.79. The van der Waals surface area contributed by atoms with E-state index in [9.17, 15) is 12.8 Å². The van der Waals surface area contributed by atoms with Crippen molar-refractivity contribution in [3.8, 4) is 0 Å². The Bertz CT molecular complexity index is 853. The Morgan fingerprint density at radius 3 is 2.48 bits per heavy atom. The van der Waals surface area contributed by atoms with Crippen LogP contribution in [0.25, 0.3) is 0 Å². The van der Waals surface area contributed by atoms with Crippen LogP contribution in [-0.4, -0.2) is 33.7 Å². The van der Waals surface area contributed by atoms with E-state index in [1.807, 2.05) is 30.3 Å². The number of nitrogens with one attached hydrogen (secondary N) is 2. The molecule has 1 aliphatic heterocycles. The lowest BCUT2D eigenvalue weighted by atomic mass is 9.88. The van der Waals surface area contributed by atoms with Crippen molar-refractivity contribution in [3.63, 3.8) is 0 Å². The molecule has 2 N–H and O–H groups in total. The molecule has 1 fully saturated rings. The zero-order chi connectivity index (χ0) is 19.3. The Morgan fingerprint density at radius 1 is 1.11 bits per heavy atom. The van der Waals surface area contributed by atoms with E-state index in [0.29, 0.717) is 26.1 Å². The first-order chi connectivity index (χ1) is 12.9. The molecule has 146 valence electrons. The van der Waals surface area contributed by atoms with E-state index in [4.69, 9.17) is 4.74 Å². The Hall–Kier alpha value is -1.80. The monoisotopic (exact) mass is 392 g/mol. The van der Waals surface area contributed by atoms with Crippen LogP contribution < -0.4 is 10.0 Å². The molecule has 0 spiro atoms. The van der Waals surface area contributed by atoms with Crippen LogP contribution in [0.2, 0.25) is 0 Å². The van der Waals surface area contributed by atoms with Crippen molar-refractivity contribution in [1.82, 2.24) is 10.0 Å². The van der Waals surface area contributed by atoms with Gasteiger partial charge in [-0.25, -0.2) is 17.5 Å². The highest BCUT2D eigenvalue weighted by Gasteiger charge is 2.35. The van der Waals surface area contributed by atoms with Crippen LogP contribution in [0.3, 0.4) is 0 Å². The van der Waals surface area contributed by atoms with Crippen molar-refractivity contribution in [2.75, 3.05) is 19.8 Å². The first-order valence-electron chi connectivity index (χ1n) is 9.06. The summed E-state index contributed by atoms with van der Waals surface area (Å²) in [5.74, 6) is -0.575. The zero-order valence-corrected chi connectivity index (χ0v) is 16.1. The summed E-state index contributed by atoms with van der Waals surface area (Å²) in [6, 6.07) is 15.1. The van der Waals surface area contributed by atoms with Gasteiger partial charge in [-0.15, -0.1) is 0 Å². The Labute approximate surface area is 160 Å². The van der Waals surface area contributed by atoms with E-state index in [-0.39, 0.29) is 17.5 Å². The predicted molar refractivity (Wildman–Crippen MR) is 102 cm³/mol. The van der Waals surface area contributed by atoms with E-state index in [1.165, 1.54) is 18.2 Å². The van der Waals surface area contributed by atoms with Crippen molar-refractivity contribution >= 4 is 10.0 Å². The van der Waals surface area contributed by atoms with Crippen LogP contribution in [0.5, 0.6) is 0 Å². The number of rotatable bonds is 7. The molecule has 0 aliphatic carbocycles. The normalized spacial score (nSPS) is 18.1. The maximum absolute atomic E-state index is 13.4. The summed E-state index contributed by atoms with van der Waals surface area (Å²) in [7, 11) is -3.79. The first-order valence-corrected chi connectivity index (χ1v) is 10.5. The third-order valence-corrected chi connectivity index (χ3v) is 6.38. The largest absolute Gasteiger partial charge is 0.381 e. The van der Waals surface area contributed by atoms with Gasteiger partial charge in [0.05, 0.1) is 4.90 Å². The standard InChI is InChI=1S/C20H25FN2O3S/c1-16(17-6-3-2-4-7-17)23-20(10-12-26-13-11-20)15-22-27(24,25)19-9-5-8-18(21)14-19/h2-9,14,16,22-23H,10-13,15H2,1H3/t16-/m1/s1. The van der Waals surface area contributed by atoms with E-state index in [1.54, 1.807) is 0 Å². The van der Waals surface area contributed by atoms with Crippen LogP contribution in [0.4, 0.5) is 4.39 Å². The van der Waals surface area contributed by atoms with Crippen molar-refractivity contribution in [2.24, 2.45) is 0 Å². The van der Waals surface area contributed by atoms with Gasteiger partial charge in [0.2, 0.25) is 10.0 Å². The van der Waals surface area contributed by atoms with Gasteiger partial charge in [0.15, 0.2) is 0 Å². The molecule has 1 saturated heterocycles. The minimum Gasteiger partial charge on any atom is -0.381 e. The second-order valence-corrected chi connectivity index (χ2v) is 8.72. The summed E-state index contributed by atoms with van der Waals surface area (Å²) in [4.78, 5) is -0.0687. The van der Waals surface area contributed by atoms with E-state index < -0.39 is 21.4 Å². The summed E-state index contributed by atoms with van der Waals surface area (Å²) in [6.07, 6.45) is 1.38. The number of hydrogen-bond donors (Lipinski definition) is 2. The van der Waals surface area contributed by atoms with E-state index >= 15 is 0 Å². The molecule has 3 rings (SSSR count). The van der Waals surface area contributed by atoms with E-state index in [0.717, 1.165) is 11.6 Å². The molecule has 0 saturated carbocycles. The smallest absolute Gasteiger partial charge is 0.240 e. The van der Waals surface area contributed by atoms with Gasteiger partial charge in [-0.2, -0.15) is 0 Å². The van der Waals surface area contributed by atoms with Gasteiger partial charge in [0.1, 0.15) is 5.82 Å². The number of ether oxygens (including phenoxy) is 1. The fourth-order valence-corrected chi connectivity index (χ4v) is 4.53. The molecule has 1 heterocycles. The molecule has 0 amide bonds. The lowest BCUT2D eigenvalue weighted by molar-refractivity contribution is 0.0358. The van der Waals surface area contributed by atoms with Crippen molar-refractivity contribution in [3.05, 3.63) is 66.0 Å². The molecule has 0 unspecified atom stereocenters. The maximum Gasteiger partial charge on any atom is 0.240 e. The summed E-state index contributed by atoms with van der Waals surface area (Å²) >= 11 is 0. The molecule has 1 aliphatic rings.